The van der Waals surface area contributed by atoms with Gasteiger partial charge in [-0.3, -0.25) is 0 Å². The molecule has 0 radical (unpaired) electrons. The molecule has 0 saturated carbocycles. The molecule has 4 heteroatoms. The van der Waals surface area contributed by atoms with Crippen molar-refractivity contribution in [2.75, 3.05) is 6.54 Å². The third-order valence-corrected chi connectivity index (χ3v) is 3.30. The first-order valence-electron chi connectivity index (χ1n) is 7.43. The molecule has 108 valence electrons. The number of aromatic nitrogens is 2. The SMILES string of the molecule is CCCNC(CC)c1nnc(CCc2ccccc2)o1. The van der Waals surface area contributed by atoms with Crippen LogP contribution in [0, 0.1) is 0 Å². The van der Waals surface area contributed by atoms with Gasteiger partial charge in [0, 0.05) is 6.42 Å². The molecule has 0 aliphatic carbocycles. The summed E-state index contributed by atoms with van der Waals surface area (Å²) in [5, 5.41) is 11.8. The molecule has 1 unspecified atom stereocenters. The summed E-state index contributed by atoms with van der Waals surface area (Å²) in [6, 6.07) is 10.5. The van der Waals surface area contributed by atoms with E-state index >= 15 is 0 Å². The second-order valence-corrected chi connectivity index (χ2v) is 4.93. The minimum Gasteiger partial charge on any atom is -0.424 e. The summed E-state index contributed by atoms with van der Waals surface area (Å²) >= 11 is 0. The highest BCUT2D eigenvalue weighted by Gasteiger charge is 2.15. The Morgan fingerprint density at radius 2 is 1.90 bits per heavy atom. The highest BCUT2D eigenvalue weighted by Crippen LogP contribution is 2.16. The molecule has 0 spiro atoms. The van der Waals surface area contributed by atoms with Crippen LogP contribution in [-0.4, -0.2) is 16.7 Å². The Balaban J connectivity index is 1.91. The molecule has 0 aliphatic heterocycles. The van der Waals surface area contributed by atoms with Gasteiger partial charge in [0.05, 0.1) is 6.04 Å². The lowest BCUT2D eigenvalue weighted by molar-refractivity contribution is 0.372. The van der Waals surface area contributed by atoms with E-state index in [9.17, 15) is 0 Å². The van der Waals surface area contributed by atoms with Gasteiger partial charge in [0.2, 0.25) is 11.8 Å². The Hall–Kier alpha value is -1.68. The molecule has 0 saturated heterocycles. The lowest BCUT2D eigenvalue weighted by atomic mass is 10.1. The fourth-order valence-corrected chi connectivity index (χ4v) is 2.13. The summed E-state index contributed by atoms with van der Waals surface area (Å²) < 4.78 is 5.77. The van der Waals surface area contributed by atoms with Crippen molar-refractivity contribution in [1.29, 1.82) is 0 Å². The second kappa shape index (κ2) is 7.80. The molecule has 1 aromatic carbocycles. The van der Waals surface area contributed by atoms with Gasteiger partial charge in [-0.1, -0.05) is 44.2 Å². The van der Waals surface area contributed by atoms with E-state index in [-0.39, 0.29) is 6.04 Å². The summed E-state index contributed by atoms with van der Waals surface area (Å²) in [5.74, 6) is 1.43. The molecule has 0 bridgehead atoms. The van der Waals surface area contributed by atoms with E-state index < -0.39 is 0 Å². The Morgan fingerprint density at radius 3 is 2.60 bits per heavy atom. The molecule has 1 heterocycles. The second-order valence-electron chi connectivity index (χ2n) is 4.93. The minimum absolute atomic E-state index is 0.174. The molecule has 0 fully saturated rings. The van der Waals surface area contributed by atoms with Gasteiger partial charge in [0.1, 0.15) is 0 Å². The van der Waals surface area contributed by atoms with Crippen LogP contribution in [0.2, 0.25) is 0 Å². The average molecular weight is 273 g/mol. The van der Waals surface area contributed by atoms with Crippen molar-refractivity contribution in [1.82, 2.24) is 15.5 Å². The maximum atomic E-state index is 5.77. The van der Waals surface area contributed by atoms with Gasteiger partial charge in [0.15, 0.2) is 0 Å². The molecule has 1 aromatic heterocycles. The maximum absolute atomic E-state index is 5.77. The minimum atomic E-state index is 0.174. The number of aryl methyl sites for hydroxylation is 2. The van der Waals surface area contributed by atoms with E-state index in [1.165, 1.54) is 5.56 Å². The van der Waals surface area contributed by atoms with E-state index in [1.54, 1.807) is 0 Å². The van der Waals surface area contributed by atoms with Crippen LogP contribution >= 0.6 is 0 Å². The smallest absolute Gasteiger partial charge is 0.233 e. The lowest BCUT2D eigenvalue weighted by Gasteiger charge is -2.11. The molecule has 0 aliphatic rings. The Bertz CT molecular complexity index is 495. The van der Waals surface area contributed by atoms with Gasteiger partial charge in [-0.05, 0) is 31.4 Å². The quantitative estimate of drug-likeness (QED) is 0.801. The largest absolute Gasteiger partial charge is 0.424 e. The first-order valence-corrected chi connectivity index (χ1v) is 7.43. The zero-order valence-corrected chi connectivity index (χ0v) is 12.3. The summed E-state index contributed by atoms with van der Waals surface area (Å²) in [6.07, 6.45) is 3.79. The van der Waals surface area contributed by atoms with Crippen molar-refractivity contribution in [2.24, 2.45) is 0 Å². The molecule has 2 rings (SSSR count). The molecule has 1 N–H and O–H groups in total. The van der Waals surface area contributed by atoms with Gasteiger partial charge in [0.25, 0.3) is 0 Å². The maximum Gasteiger partial charge on any atom is 0.233 e. The van der Waals surface area contributed by atoms with Crippen LogP contribution in [0.1, 0.15) is 50.1 Å². The van der Waals surface area contributed by atoms with Crippen LogP contribution in [0.4, 0.5) is 0 Å². The van der Waals surface area contributed by atoms with Crippen LogP contribution in [0.25, 0.3) is 0 Å². The summed E-state index contributed by atoms with van der Waals surface area (Å²) in [5.41, 5.74) is 1.29. The monoisotopic (exact) mass is 273 g/mol. The first-order chi connectivity index (χ1) is 9.83. The number of hydrogen-bond acceptors (Lipinski definition) is 4. The Morgan fingerprint density at radius 1 is 1.10 bits per heavy atom. The molecule has 0 amide bonds. The van der Waals surface area contributed by atoms with Crippen molar-refractivity contribution >= 4 is 0 Å². The van der Waals surface area contributed by atoms with Gasteiger partial charge < -0.3 is 9.73 Å². The van der Waals surface area contributed by atoms with Crippen LogP contribution < -0.4 is 5.32 Å². The van der Waals surface area contributed by atoms with Crippen LogP contribution in [0.3, 0.4) is 0 Å². The zero-order valence-electron chi connectivity index (χ0n) is 12.3. The molecular weight excluding hydrogens is 250 g/mol. The number of hydrogen-bond donors (Lipinski definition) is 1. The Labute approximate surface area is 120 Å². The van der Waals surface area contributed by atoms with E-state index in [0.717, 1.165) is 38.1 Å². The van der Waals surface area contributed by atoms with Crippen LogP contribution in [-0.2, 0) is 12.8 Å². The van der Waals surface area contributed by atoms with E-state index in [1.807, 2.05) is 6.07 Å². The van der Waals surface area contributed by atoms with Crippen LogP contribution in [0.15, 0.2) is 34.7 Å². The van der Waals surface area contributed by atoms with Crippen molar-refractivity contribution in [3.8, 4) is 0 Å². The third-order valence-electron chi connectivity index (χ3n) is 3.30. The van der Waals surface area contributed by atoms with Crippen molar-refractivity contribution < 1.29 is 4.42 Å². The number of nitrogens with one attached hydrogen (secondary N) is 1. The van der Waals surface area contributed by atoms with Crippen molar-refractivity contribution in [2.45, 2.75) is 45.6 Å². The van der Waals surface area contributed by atoms with Gasteiger partial charge in [-0.15, -0.1) is 10.2 Å². The molecule has 20 heavy (non-hydrogen) atoms. The van der Waals surface area contributed by atoms with Gasteiger partial charge in [-0.25, -0.2) is 0 Å². The molecule has 2 aromatic rings. The molecule has 4 nitrogen and oxygen atoms in total. The van der Waals surface area contributed by atoms with Crippen molar-refractivity contribution in [3.63, 3.8) is 0 Å². The van der Waals surface area contributed by atoms with E-state index in [0.29, 0.717) is 5.89 Å². The highest BCUT2D eigenvalue weighted by atomic mass is 16.4. The zero-order chi connectivity index (χ0) is 14.2. The predicted octanol–water partition coefficient (Wildman–Crippen LogP) is 3.31. The predicted molar refractivity (Wildman–Crippen MR) is 79.5 cm³/mol. The van der Waals surface area contributed by atoms with E-state index in [4.69, 9.17) is 4.42 Å². The van der Waals surface area contributed by atoms with E-state index in [2.05, 4.69) is 53.6 Å². The van der Waals surface area contributed by atoms with Gasteiger partial charge >= 0.3 is 0 Å². The van der Waals surface area contributed by atoms with Crippen molar-refractivity contribution in [3.05, 3.63) is 47.7 Å². The normalized spacial score (nSPS) is 12.5. The lowest BCUT2D eigenvalue weighted by Crippen LogP contribution is -2.21. The average Bonchev–Trinajstić information content (AvgIpc) is 2.96. The fourth-order valence-electron chi connectivity index (χ4n) is 2.13. The summed E-state index contributed by atoms with van der Waals surface area (Å²) in [4.78, 5) is 0. The molecular formula is C16H23N3O. The number of benzene rings is 1. The van der Waals surface area contributed by atoms with Crippen LogP contribution in [0.5, 0.6) is 0 Å². The van der Waals surface area contributed by atoms with Gasteiger partial charge in [-0.2, -0.15) is 0 Å². The highest BCUT2D eigenvalue weighted by molar-refractivity contribution is 5.15. The topological polar surface area (TPSA) is 51.0 Å². The standard InChI is InChI=1S/C16H23N3O/c1-3-12-17-14(4-2)16-19-18-15(20-16)11-10-13-8-6-5-7-9-13/h5-9,14,17H,3-4,10-12H2,1-2H3. The molecule has 1 atom stereocenters. The summed E-state index contributed by atoms with van der Waals surface area (Å²) in [6.45, 7) is 5.25. The Kier molecular flexibility index (Phi) is 5.74. The number of nitrogens with zero attached hydrogens (tertiary/aromatic N) is 2. The summed E-state index contributed by atoms with van der Waals surface area (Å²) in [7, 11) is 0. The first kappa shape index (κ1) is 14.7. The fraction of sp³-hybridized carbons (Fsp3) is 0.500. The number of rotatable bonds is 8. The third kappa shape index (κ3) is 4.17.